The van der Waals surface area contributed by atoms with Gasteiger partial charge >= 0.3 is 6.61 Å². The summed E-state index contributed by atoms with van der Waals surface area (Å²) < 4.78 is 45.0. The standard InChI is InChI=1S/C20H21F2NO5/c1-4-27-18-11-13(5-8-17(18)28-20(21)22)6-10-19(24)23-15-12-14(25-2)7-9-16(15)26-3/h5-12,20H,4H2,1-3H3,(H,23,24). The SMILES string of the molecule is CCOc1cc(C=CC(=O)Nc2cc(OC)ccc2OC)ccc1OC(F)F. The number of benzene rings is 2. The van der Waals surface area contributed by atoms with Crippen LogP contribution in [0.15, 0.2) is 42.5 Å². The first-order valence-electron chi connectivity index (χ1n) is 8.39. The third kappa shape index (κ3) is 5.87. The molecule has 2 aromatic carbocycles. The Kier molecular flexibility index (Phi) is 7.62. The summed E-state index contributed by atoms with van der Waals surface area (Å²) in [5.41, 5.74) is 1.03. The van der Waals surface area contributed by atoms with Gasteiger partial charge in [0.05, 0.1) is 26.5 Å². The summed E-state index contributed by atoms with van der Waals surface area (Å²) >= 11 is 0. The Morgan fingerprint density at radius 1 is 1.07 bits per heavy atom. The molecule has 0 saturated carbocycles. The third-order valence-corrected chi connectivity index (χ3v) is 3.58. The highest BCUT2D eigenvalue weighted by Gasteiger charge is 2.11. The Balaban J connectivity index is 2.14. The van der Waals surface area contributed by atoms with Crippen LogP contribution in [0.25, 0.3) is 6.08 Å². The fourth-order valence-electron chi connectivity index (χ4n) is 2.35. The molecule has 0 saturated heterocycles. The van der Waals surface area contributed by atoms with Crippen molar-refractivity contribution < 1.29 is 32.5 Å². The number of amides is 1. The van der Waals surface area contributed by atoms with Gasteiger partial charge in [-0.25, -0.2) is 0 Å². The molecule has 150 valence electrons. The van der Waals surface area contributed by atoms with E-state index in [2.05, 4.69) is 10.1 Å². The zero-order chi connectivity index (χ0) is 20.5. The number of alkyl halides is 2. The molecule has 0 unspecified atom stereocenters. The smallest absolute Gasteiger partial charge is 0.387 e. The number of halogens is 2. The van der Waals surface area contributed by atoms with E-state index < -0.39 is 12.5 Å². The first kappa shape index (κ1) is 21.0. The highest BCUT2D eigenvalue weighted by molar-refractivity contribution is 6.02. The number of carbonyl (C=O) groups is 1. The molecule has 28 heavy (non-hydrogen) atoms. The first-order chi connectivity index (χ1) is 13.5. The second-order valence-electron chi connectivity index (χ2n) is 5.41. The van der Waals surface area contributed by atoms with E-state index in [9.17, 15) is 13.6 Å². The minimum absolute atomic E-state index is 0.0698. The quantitative estimate of drug-likeness (QED) is 0.642. The molecule has 1 amide bonds. The van der Waals surface area contributed by atoms with Crippen LogP contribution < -0.4 is 24.3 Å². The Labute approximate surface area is 161 Å². The lowest BCUT2D eigenvalue weighted by atomic mass is 10.2. The van der Waals surface area contributed by atoms with Crippen molar-refractivity contribution in [3.63, 3.8) is 0 Å². The Morgan fingerprint density at radius 3 is 2.46 bits per heavy atom. The van der Waals surface area contributed by atoms with Gasteiger partial charge in [0.25, 0.3) is 0 Å². The highest BCUT2D eigenvalue weighted by Crippen LogP contribution is 2.31. The fourth-order valence-corrected chi connectivity index (χ4v) is 2.35. The Bertz CT molecular complexity index is 839. The average Bonchev–Trinajstić information content (AvgIpc) is 2.68. The molecule has 0 aliphatic rings. The normalized spacial score (nSPS) is 10.8. The number of rotatable bonds is 9. The molecular formula is C20H21F2NO5. The van der Waals surface area contributed by atoms with E-state index in [0.717, 1.165) is 0 Å². The molecule has 6 nitrogen and oxygen atoms in total. The minimum atomic E-state index is -2.95. The molecule has 0 aliphatic heterocycles. The molecule has 0 spiro atoms. The predicted molar refractivity (Wildman–Crippen MR) is 101 cm³/mol. The lowest BCUT2D eigenvalue weighted by Gasteiger charge is -2.12. The van der Waals surface area contributed by atoms with Crippen molar-refractivity contribution in [3.8, 4) is 23.0 Å². The predicted octanol–water partition coefficient (Wildman–Crippen LogP) is 4.36. The van der Waals surface area contributed by atoms with Crippen LogP contribution in [-0.4, -0.2) is 33.3 Å². The molecule has 8 heteroatoms. The summed E-state index contributed by atoms with van der Waals surface area (Å²) in [5, 5.41) is 2.70. The monoisotopic (exact) mass is 393 g/mol. The Morgan fingerprint density at radius 2 is 1.82 bits per heavy atom. The van der Waals surface area contributed by atoms with Crippen molar-refractivity contribution in [2.24, 2.45) is 0 Å². The van der Waals surface area contributed by atoms with Crippen LogP contribution in [0.5, 0.6) is 23.0 Å². The van der Waals surface area contributed by atoms with Gasteiger partial charge in [-0.2, -0.15) is 8.78 Å². The summed E-state index contributed by atoms with van der Waals surface area (Å²) in [6, 6.07) is 9.43. The molecule has 2 rings (SSSR count). The molecule has 0 aliphatic carbocycles. The van der Waals surface area contributed by atoms with Crippen molar-refractivity contribution >= 4 is 17.7 Å². The largest absolute Gasteiger partial charge is 0.497 e. The van der Waals surface area contributed by atoms with Crippen LogP contribution in [0.3, 0.4) is 0 Å². The summed E-state index contributed by atoms with van der Waals surface area (Å²) in [6.07, 6.45) is 2.83. The van der Waals surface area contributed by atoms with Crippen molar-refractivity contribution in [1.82, 2.24) is 0 Å². The molecule has 1 N–H and O–H groups in total. The number of nitrogens with one attached hydrogen (secondary N) is 1. The summed E-state index contributed by atoms with van der Waals surface area (Å²) in [4.78, 5) is 12.2. The van der Waals surface area contributed by atoms with Crippen molar-refractivity contribution in [1.29, 1.82) is 0 Å². The Hall–Kier alpha value is -3.29. The van der Waals surface area contributed by atoms with E-state index in [1.807, 2.05) is 0 Å². The molecule has 0 fully saturated rings. The van der Waals surface area contributed by atoms with E-state index in [4.69, 9.17) is 14.2 Å². The van der Waals surface area contributed by atoms with E-state index in [1.54, 1.807) is 25.1 Å². The van der Waals surface area contributed by atoms with Crippen LogP contribution in [0.4, 0.5) is 14.5 Å². The number of ether oxygens (including phenoxy) is 4. The van der Waals surface area contributed by atoms with Crippen molar-refractivity contribution in [3.05, 3.63) is 48.0 Å². The van der Waals surface area contributed by atoms with Crippen LogP contribution in [-0.2, 0) is 4.79 Å². The molecule has 2 aromatic rings. The van der Waals surface area contributed by atoms with E-state index >= 15 is 0 Å². The third-order valence-electron chi connectivity index (χ3n) is 3.58. The molecule has 0 atom stereocenters. The number of hydrogen-bond donors (Lipinski definition) is 1. The maximum atomic E-state index is 12.5. The van der Waals surface area contributed by atoms with Crippen molar-refractivity contribution in [2.75, 3.05) is 26.1 Å². The van der Waals surface area contributed by atoms with Gasteiger partial charge in [0.15, 0.2) is 11.5 Å². The molecule has 0 radical (unpaired) electrons. The topological polar surface area (TPSA) is 66.0 Å². The lowest BCUT2D eigenvalue weighted by Crippen LogP contribution is -2.09. The van der Waals surface area contributed by atoms with Gasteiger partial charge in [0.2, 0.25) is 5.91 Å². The van der Waals surface area contributed by atoms with Gasteiger partial charge in [-0.15, -0.1) is 0 Å². The summed E-state index contributed by atoms with van der Waals surface area (Å²) in [7, 11) is 3.01. The summed E-state index contributed by atoms with van der Waals surface area (Å²) in [5.74, 6) is 0.738. The number of anilines is 1. The van der Waals surface area contributed by atoms with Crippen LogP contribution in [0.2, 0.25) is 0 Å². The number of carbonyl (C=O) groups excluding carboxylic acids is 1. The fraction of sp³-hybridized carbons (Fsp3) is 0.250. The number of hydrogen-bond acceptors (Lipinski definition) is 5. The molecular weight excluding hydrogens is 372 g/mol. The first-order valence-corrected chi connectivity index (χ1v) is 8.39. The summed E-state index contributed by atoms with van der Waals surface area (Å²) in [6.45, 7) is -0.948. The van der Waals surface area contributed by atoms with Gasteiger partial charge < -0.3 is 24.3 Å². The van der Waals surface area contributed by atoms with Crippen LogP contribution >= 0.6 is 0 Å². The van der Waals surface area contributed by atoms with E-state index in [0.29, 0.717) is 22.7 Å². The maximum Gasteiger partial charge on any atom is 0.387 e. The lowest BCUT2D eigenvalue weighted by molar-refractivity contribution is -0.111. The van der Waals surface area contributed by atoms with Gasteiger partial charge in [0.1, 0.15) is 11.5 Å². The molecule has 0 heterocycles. The van der Waals surface area contributed by atoms with Gasteiger partial charge in [0, 0.05) is 12.1 Å². The molecule has 0 bridgehead atoms. The van der Waals surface area contributed by atoms with Crippen molar-refractivity contribution in [2.45, 2.75) is 13.5 Å². The highest BCUT2D eigenvalue weighted by atomic mass is 19.3. The second-order valence-corrected chi connectivity index (χ2v) is 5.41. The van der Waals surface area contributed by atoms with Crippen LogP contribution in [0, 0.1) is 0 Å². The van der Waals surface area contributed by atoms with Gasteiger partial charge in [-0.3, -0.25) is 4.79 Å². The zero-order valence-corrected chi connectivity index (χ0v) is 15.7. The van der Waals surface area contributed by atoms with Gasteiger partial charge in [-0.05, 0) is 42.8 Å². The molecule has 0 aromatic heterocycles. The van der Waals surface area contributed by atoms with Gasteiger partial charge in [-0.1, -0.05) is 6.07 Å². The average molecular weight is 393 g/mol. The number of methoxy groups -OCH3 is 2. The maximum absolute atomic E-state index is 12.5. The minimum Gasteiger partial charge on any atom is -0.497 e. The zero-order valence-electron chi connectivity index (χ0n) is 15.7. The van der Waals surface area contributed by atoms with E-state index in [1.165, 1.54) is 44.6 Å². The van der Waals surface area contributed by atoms with Crippen LogP contribution in [0.1, 0.15) is 12.5 Å². The second kappa shape index (κ2) is 10.1. The van der Waals surface area contributed by atoms with E-state index in [-0.39, 0.29) is 18.1 Å².